The number of aliphatic hydroxyl groups is 1. The summed E-state index contributed by atoms with van der Waals surface area (Å²) in [5.74, 6) is 2.22. The van der Waals surface area contributed by atoms with Crippen LogP contribution in [0.2, 0.25) is 0 Å². The lowest BCUT2D eigenvalue weighted by atomic mass is 9.44. The summed E-state index contributed by atoms with van der Waals surface area (Å²) in [7, 11) is 0. The fourth-order valence-corrected chi connectivity index (χ4v) is 9.71. The van der Waals surface area contributed by atoms with Gasteiger partial charge in [-0.05, 0) is 99.5 Å². The Morgan fingerprint density at radius 1 is 1.11 bits per heavy atom. The molecule has 9 atom stereocenters. The van der Waals surface area contributed by atoms with Crippen LogP contribution in [0.1, 0.15) is 65.2 Å². The van der Waals surface area contributed by atoms with Gasteiger partial charge in [0.2, 0.25) is 0 Å². The fraction of sp³-hybridized carbons (Fsp3) is 0.750. The number of aromatic nitrogens is 3. The predicted octanol–water partition coefficient (Wildman–Crippen LogP) is 4.54. The van der Waals surface area contributed by atoms with E-state index in [0.717, 1.165) is 51.6 Å². The van der Waals surface area contributed by atoms with Crippen LogP contribution >= 0.6 is 0 Å². The number of halogens is 1. The van der Waals surface area contributed by atoms with E-state index >= 15 is 0 Å². The molecule has 1 aromatic carbocycles. The van der Waals surface area contributed by atoms with E-state index in [0.29, 0.717) is 34.7 Å². The van der Waals surface area contributed by atoms with Gasteiger partial charge < -0.3 is 9.84 Å². The Labute approximate surface area is 205 Å². The minimum atomic E-state index is -0.557. The summed E-state index contributed by atoms with van der Waals surface area (Å²) in [6, 6.07) is 4.36. The van der Waals surface area contributed by atoms with Crippen LogP contribution < -0.4 is 0 Å². The molecule has 0 radical (unpaired) electrons. The van der Waals surface area contributed by atoms with Gasteiger partial charge in [-0.1, -0.05) is 6.92 Å². The zero-order valence-corrected chi connectivity index (χ0v) is 20.8. The van der Waals surface area contributed by atoms with Crippen molar-refractivity contribution >= 4 is 16.8 Å². The van der Waals surface area contributed by atoms with E-state index in [1.807, 2.05) is 6.92 Å². The summed E-state index contributed by atoms with van der Waals surface area (Å²) in [6.07, 6.45) is 8.48. The molecule has 6 nitrogen and oxygen atoms in total. The van der Waals surface area contributed by atoms with Crippen molar-refractivity contribution in [1.82, 2.24) is 15.0 Å². The van der Waals surface area contributed by atoms with Crippen molar-refractivity contribution in [2.75, 3.05) is 6.61 Å². The second-order valence-electron chi connectivity index (χ2n) is 13.0. The lowest BCUT2D eigenvalue weighted by molar-refractivity contribution is -0.145. The van der Waals surface area contributed by atoms with E-state index in [1.54, 1.807) is 6.07 Å². The monoisotopic (exact) mass is 481 g/mol. The molecular formula is C28H36FN3O3. The first-order valence-corrected chi connectivity index (χ1v) is 13.6. The Bertz CT molecular complexity index is 1200. The third-order valence-electron chi connectivity index (χ3n) is 11.3. The van der Waals surface area contributed by atoms with Crippen molar-refractivity contribution in [3.8, 4) is 0 Å². The number of carbonyl (C=O) groups excluding carboxylic acids is 1. The Kier molecular flexibility index (Phi) is 4.69. The third-order valence-corrected chi connectivity index (χ3v) is 11.3. The van der Waals surface area contributed by atoms with Crippen LogP contribution in [0.25, 0.3) is 11.0 Å². The molecule has 5 fully saturated rings. The number of carbonyl (C=O) groups is 1. The van der Waals surface area contributed by atoms with E-state index in [1.165, 1.54) is 23.4 Å². The molecule has 0 amide bonds. The van der Waals surface area contributed by atoms with Crippen LogP contribution in [0, 0.1) is 46.2 Å². The van der Waals surface area contributed by atoms with Crippen molar-refractivity contribution in [2.24, 2.45) is 40.4 Å². The van der Waals surface area contributed by atoms with Gasteiger partial charge in [-0.2, -0.15) is 15.0 Å². The average molecular weight is 482 g/mol. The molecule has 4 saturated carbocycles. The molecule has 188 valence electrons. The molecule has 7 rings (SSSR count). The normalized spacial score (nSPS) is 46.3. The van der Waals surface area contributed by atoms with Crippen molar-refractivity contribution in [3.63, 3.8) is 0 Å². The van der Waals surface area contributed by atoms with Gasteiger partial charge in [0, 0.05) is 17.4 Å². The SMILES string of the molecule is C[C@@]1(O)CC[C@]23CO[C@H](C[C@@H]4C2CC[C@]2(C)[C@@H](C(=O)Cn5nc6ccc(F)cc6n5)CC[C@@H]42)C3C1. The van der Waals surface area contributed by atoms with Gasteiger partial charge in [0.15, 0.2) is 5.78 Å². The number of Topliss-reactive ketones (excluding diaryl/α,β-unsaturated/α-hetero) is 1. The first kappa shape index (κ1) is 22.3. The van der Waals surface area contributed by atoms with Gasteiger partial charge in [0.05, 0.1) is 18.3 Å². The highest BCUT2D eigenvalue weighted by molar-refractivity contribution is 5.82. The Morgan fingerprint density at radius 3 is 2.80 bits per heavy atom. The van der Waals surface area contributed by atoms with Crippen LogP contribution in [0.3, 0.4) is 0 Å². The van der Waals surface area contributed by atoms with Crippen LogP contribution in [0.5, 0.6) is 0 Å². The summed E-state index contributed by atoms with van der Waals surface area (Å²) in [6.45, 7) is 5.39. The Balaban J connectivity index is 1.12. The molecule has 2 bridgehead atoms. The molecule has 2 unspecified atom stereocenters. The minimum Gasteiger partial charge on any atom is -0.390 e. The highest BCUT2D eigenvalue weighted by atomic mass is 19.1. The lowest BCUT2D eigenvalue weighted by Crippen LogP contribution is -2.58. The van der Waals surface area contributed by atoms with Gasteiger partial charge in [0.1, 0.15) is 23.4 Å². The van der Waals surface area contributed by atoms with E-state index < -0.39 is 5.60 Å². The van der Waals surface area contributed by atoms with E-state index in [9.17, 15) is 14.3 Å². The molecule has 5 aliphatic rings. The average Bonchev–Trinajstić information content (AvgIpc) is 3.43. The van der Waals surface area contributed by atoms with Gasteiger partial charge >= 0.3 is 0 Å². The number of fused-ring (bicyclic) bond motifs is 4. The number of ketones is 1. The van der Waals surface area contributed by atoms with E-state index in [2.05, 4.69) is 17.1 Å². The summed E-state index contributed by atoms with van der Waals surface area (Å²) in [5.41, 5.74) is 0.797. The van der Waals surface area contributed by atoms with Crippen molar-refractivity contribution in [1.29, 1.82) is 0 Å². The summed E-state index contributed by atoms with van der Waals surface area (Å²) >= 11 is 0. The molecule has 0 spiro atoms. The highest BCUT2D eigenvalue weighted by Gasteiger charge is 2.67. The molecule has 1 saturated heterocycles. The molecule has 4 aliphatic carbocycles. The molecule has 1 aliphatic heterocycles. The second-order valence-corrected chi connectivity index (χ2v) is 13.0. The van der Waals surface area contributed by atoms with Crippen molar-refractivity contribution in [2.45, 2.75) is 83.5 Å². The number of nitrogens with zero attached hydrogens (tertiary/aromatic N) is 3. The maximum absolute atomic E-state index is 13.6. The predicted molar refractivity (Wildman–Crippen MR) is 128 cm³/mol. The lowest BCUT2D eigenvalue weighted by Gasteiger charge is -2.60. The van der Waals surface area contributed by atoms with Crippen LogP contribution in [0.4, 0.5) is 4.39 Å². The largest absolute Gasteiger partial charge is 0.390 e. The number of hydrogen-bond donors (Lipinski definition) is 1. The fourth-order valence-electron chi connectivity index (χ4n) is 9.71. The molecule has 2 aromatic rings. The summed E-state index contributed by atoms with van der Waals surface area (Å²) in [4.78, 5) is 15.0. The number of benzene rings is 1. The van der Waals surface area contributed by atoms with Crippen LogP contribution in [-0.2, 0) is 16.1 Å². The van der Waals surface area contributed by atoms with Gasteiger partial charge in [0.25, 0.3) is 0 Å². The molecule has 1 N–H and O–H groups in total. The maximum Gasteiger partial charge on any atom is 0.159 e. The zero-order valence-electron chi connectivity index (χ0n) is 20.8. The molecule has 1 aromatic heterocycles. The summed E-state index contributed by atoms with van der Waals surface area (Å²) < 4.78 is 20.0. The van der Waals surface area contributed by atoms with E-state index in [-0.39, 0.29) is 41.0 Å². The maximum atomic E-state index is 13.6. The summed E-state index contributed by atoms with van der Waals surface area (Å²) in [5, 5.41) is 19.6. The molecular weight excluding hydrogens is 445 g/mol. The first-order chi connectivity index (χ1) is 16.7. The van der Waals surface area contributed by atoms with Crippen molar-refractivity contribution < 1.29 is 19.0 Å². The number of rotatable bonds is 3. The third kappa shape index (κ3) is 3.16. The van der Waals surface area contributed by atoms with Crippen LogP contribution in [-0.4, -0.2) is 44.2 Å². The zero-order chi connectivity index (χ0) is 24.2. The Hall–Kier alpha value is -1.86. The Morgan fingerprint density at radius 2 is 1.94 bits per heavy atom. The smallest absolute Gasteiger partial charge is 0.159 e. The van der Waals surface area contributed by atoms with Gasteiger partial charge in [-0.25, -0.2) is 4.39 Å². The minimum absolute atomic E-state index is 0.0139. The quantitative estimate of drug-likeness (QED) is 0.697. The second kappa shape index (κ2) is 7.34. The van der Waals surface area contributed by atoms with Crippen LogP contribution in [0.15, 0.2) is 18.2 Å². The standard InChI is InChI=1S/C28H36FN3O3/c1-26(34)9-10-28-15-35-25(21(28)13-26)12-17-18-4-5-20(27(18,2)8-7-19(17)28)24(33)14-32-30-22-6-3-16(29)11-23(22)31-32/h3,6,11,17-21,25,34H,4-5,7-10,12-15H2,1-2H3/t17-,18-,19?,20+,21?,25+,26+,27-,28-/m0/s1. The van der Waals surface area contributed by atoms with E-state index in [4.69, 9.17) is 4.74 Å². The molecule has 35 heavy (non-hydrogen) atoms. The first-order valence-electron chi connectivity index (χ1n) is 13.6. The molecule has 2 heterocycles. The number of ether oxygens (including phenoxy) is 1. The highest BCUT2D eigenvalue weighted by Crippen LogP contribution is 2.70. The van der Waals surface area contributed by atoms with Gasteiger partial charge in [-0.15, -0.1) is 0 Å². The van der Waals surface area contributed by atoms with Gasteiger partial charge in [-0.3, -0.25) is 4.79 Å². The number of hydrogen-bond acceptors (Lipinski definition) is 5. The molecule has 7 heteroatoms. The van der Waals surface area contributed by atoms with Crippen molar-refractivity contribution in [3.05, 3.63) is 24.0 Å². The topological polar surface area (TPSA) is 77.2 Å².